The van der Waals surface area contributed by atoms with Crippen LogP contribution in [0.25, 0.3) is 0 Å². The second kappa shape index (κ2) is 5.64. The summed E-state index contributed by atoms with van der Waals surface area (Å²) in [4.78, 5) is 12.0. The van der Waals surface area contributed by atoms with E-state index < -0.39 is 0 Å². The summed E-state index contributed by atoms with van der Waals surface area (Å²) in [5, 5.41) is 7.00. The van der Waals surface area contributed by atoms with Crippen LogP contribution in [0.4, 0.5) is 0 Å². The highest BCUT2D eigenvalue weighted by atomic mass is 79.9. The first-order chi connectivity index (χ1) is 8.22. The van der Waals surface area contributed by atoms with Gasteiger partial charge in [0.2, 0.25) is 0 Å². The fourth-order valence-corrected chi connectivity index (χ4v) is 2.40. The summed E-state index contributed by atoms with van der Waals surface area (Å²) in [6.07, 6.45) is 3.91. The summed E-state index contributed by atoms with van der Waals surface area (Å²) in [5.41, 5.74) is 0.575. The van der Waals surface area contributed by atoms with Gasteiger partial charge < -0.3 is 10.1 Å². The van der Waals surface area contributed by atoms with Crippen molar-refractivity contribution in [1.82, 2.24) is 15.1 Å². The number of carbonyl (C=O) groups excluding carboxylic acids is 1. The first-order valence-electron chi connectivity index (χ1n) is 5.83. The van der Waals surface area contributed by atoms with Gasteiger partial charge in [0.1, 0.15) is 5.69 Å². The van der Waals surface area contributed by atoms with E-state index in [0.29, 0.717) is 18.8 Å². The smallest absolute Gasteiger partial charge is 0.270 e. The summed E-state index contributed by atoms with van der Waals surface area (Å²) < 4.78 is 7.86. The SMILES string of the molecule is CCn1ncc(Br)c1C(=O)NC[C@H]1CCCO1. The Morgan fingerprint density at radius 1 is 1.76 bits per heavy atom. The maximum atomic E-state index is 12.0. The Hall–Kier alpha value is -0.880. The molecule has 0 unspecified atom stereocenters. The van der Waals surface area contributed by atoms with Gasteiger partial charge in [0.15, 0.2) is 0 Å². The zero-order valence-corrected chi connectivity index (χ0v) is 11.4. The first-order valence-corrected chi connectivity index (χ1v) is 6.62. The minimum absolute atomic E-state index is 0.105. The summed E-state index contributed by atoms with van der Waals surface area (Å²) in [6, 6.07) is 0. The van der Waals surface area contributed by atoms with Gasteiger partial charge in [0.25, 0.3) is 5.91 Å². The number of hydrogen-bond donors (Lipinski definition) is 1. The van der Waals surface area contributed by atoms with Gasteiger partial charge in [0.05, 0.1) is 16.8 Å². The van der Waals surface area contributed by atoms with Crippen molar-refractivity contribution >= 4 is 21.8 Å². The molecule has 0 bridgehead atoms. The molecule has 1 aromatic heterocycles. The Balaban J connectivity index is 1.96. The second-order valence-electron chi connectivity index (χ2n) is 4.00. The standard InChI is InChI=1S/C11H16BrN3O2/c1-2-15-10(9(12)7-14-15)11(16)13-6-8-4-3-5-17-8/h7-8H,2-6H2,1H3,(H,13,16)/t8-/m1/s1. The van der Waals surface area contributed by atoms with Crippen molar-refractivity contribution < 1.29 is 9.53 Å². The molecule has 2 rings (SSSR count). The number of aromatic nitrogens is 2. The van der Waals surface area contributed by atoms with Crippen molar-refractivity contribution in [2.45, 2.75) is 32.4 Å². The molecule has 6 heteroatoms. The van der Waals surface area contributed by atoms with E-state index in [4.69, 9.17) is 4.74 Å². The molecule has 1 amide bonds. The van der Waals surface area contributed by atoms with Gasteiger partial charge in [-0.05, 0) is 35.7 Å². The van der Waals surface area contributed by atoms with Crippen LogP contribution in [0.2, 0.25) is 0 Å². The molecular weight excluding hydrogens is 286 g/mol. The number of nitrogens with zero attached hydrogens (tertiary/aromatic N) is 2. The van der Waals surface area contributed by atoms with Crippen molar-refractivity contribution in [2.75, 3.05) is 13.2 Å². The summed E-state index contributed by atoms with van der Waals surface area (Å²) in [7, 11) is 0. The van der Waals surface area contributed by atoms with Crippen LogP contribution in [0, 0.1) is 0 Å². The predicted octanol–water partition coefficient (Wildman–Crippen LogP) is 1.57. The number of ether oxygens (including phenoxy) is 1. The molecule has 2 heterocycles. The molecule has 1 aromatic rings. The van der Waals surface area contributed by atoms with Crippen LogP contribution >= 0.6 is 15.9 Å². The molecule has 0 spiro atoms. The zero-order chi connectivity index (χ0) is 12.3. The average Bonchev–Trinajstić information content (AvgIpc) is 2.94. The van der Waals surface area contributed by atoms with Gasteiger partial charge in [0, 0.05) is 19.7 Å². The lowest BCUT2D eigenvalue weighted by atomic mass is 10.2. The molecule has 0 radical (unpaired) electrons. The van der Waals surface area contributed by atoms with Crippen LogP contribution < -0.4 is 5.32 Å². The summed E-state index contributed by atoms with van der Waals surface area (Å²) >= 11 is 3.34. The van der Waals surface area contributed by atoms with Gasteiger partial charge in [-0.15, -0.1) is 0 Å². The monoisotopic (exact) mass is 301 g/mol. The quantitative estimate of drug-likeness (QED) is 0.918. The highest BCUT2D eigenvalue weighted by molar-refractivity contribution is 9.10. The van der Waals surface area contributed by atoms with Gasteiger partial charge >= 0.3 is 0 Å². The molecule has 0 aromatic carbocycles. The molecule has 17 heavy (non-hydrogen) atoms. The van der Waals surface area contributed by atoms with Crippen molar-refractivity contribution in [3.8, 4) is 0 Å². The molecule has 1 aliphatic rings. The molecule has 94 valence electrons. The highest BCUT2D eigenvalue weighted by Gasteiger charge is 2.20. The molecule has 1 fully saturated rings. The van der Waals surface area contributed by atoms with Gasteiger partial charge in [-0.2, -0.15) is 5.10 Å². The maximum Gasteiger partial charge on any atom is 0.270 e. The van der Waals surface area contributed by atoms with Crippen molar-refractivity contribution in [3.63, 3.8) is 0 Å². The van der Waals surface area contributed by atoms with Crippen LogP contribution in [0.3, 0.4) is 0 Å². The van der Waals surface area contributed by atoms with E-state index in [-0.39, 0.29) is 12.0 Å². The molecule has 0 aliphatic carbocycles. The van der Waals surface area contributed by atoms with E-state index in [1.807, 2.05) is 6.92 Å². The predicted molar refractivity (Wildman–Crippen MR) is 66.9 cm³/mol. The van der Waals surface area contributed by atoms with Gasteiger partial charge in [-0.1, -0.05) is 0 Å². The third kappa shape index (κ3) is 2.87. The minimum Gasteiger partial charge on any atom is -0.376 e. The number of amides is 1. The Bertz CT molecular complexity index is 399. The Morgan fingerprint density at radius 3 is 3.24 bits per heavy atom. The fraction of sp³-hybridized carbons (Fsp3) is 0.636. The van der Waals surface area contributed by atoms with E-state index in [1.54, 1.807) is 10.9 Å². The average molecular weight is 302 g/mol. The van der Waals surface area contributed by atoms with E-state index in [0.717, 1.165) is 23.9 Å². The van der Waals surface area contributed by atoms with Crippen LogP contribution in [0.5, 0.6) is 0 Å². The van der Waals surface area contributed by atoms with Crippen molar-refractivity contribution in [1.29, 1.82) is 0 Å². The van der Waals surface area contributed by atoms with Gasteiger partial charge in [-0.25, -0.2) is 0 Å². The van der Waals surface area contributed by atoms with Crippen LogP contribution in [-0.2, 0) is 11.3 Å². The number of hydrogen-bond acceptors (Lipinski definition) is 3. The topological polar surface area (TPSA) is 56.2 Å². The first kappa shape index (κ1) is 12.6. The molecule has 1 atom stereocenters. The van der Waals surface area contributed by atoms with Crippen LogP contribution in [0.15, 0.2) is 10.7 Å². The minimum atomic E-state index is -0.105. The lowest BCUT2D eigenvalue weighted by molar-refractivity contribution is 0.0848. The van der Waals surface area contributed by atoms with E-state index >= 15 is 0 Å². The molecular formula is C11H16BrN3O2. The van der Waals surface area contributed by atoms with Crippen LogP contribution in [0.1, 0.15) is 30.3 Å². The highest BCUT2D eigenvalue weighted by Crippen LogP contribution is 2.16. The van der Waals surface area contributed by atoms with Crippen molar-refractivity contribution in [3.05, 3.63) is 16.4 Å². The molecule has 1 aliphatic heterocycles. The van der Waals surface area contributed by atoms with Crippen LogP contribution in [-0.4, -0.2) is 34.9 Å². The number of halogens is 1. The lowest BCUT2D eigenvalue weighted by Gasteiger charge is -2.11. The third-order valence-corrected chi connectivity index (χ3v) is 3.40. The lowest BCUT2D eigenvalue weighted by Crippen LogP contribution is -2.33. The van der Waals surface area contributed by atoms with E-state index in [2.05, 4.69) is 26.3 Å². The largest absolute Gasteiger partial charge is 0.376 e. The Morgan fingerprint density at radius 2 is 2.59 bits per heavy atom. The molecule has 1 saturated heterocycles. The summed E-state index contributed by atoms with van der Waals surface area (Å²) in [5.74, 6) is -0.105. The number of carbonyl (C=O) groups is 1. The summed E-state index contributed by atoms with van der Waals surface area (Å²) in [6.45, 7) is 4.00. The molecule has 0 saturated carbocycles. The number of rotatable bonds is 4. The Labute approximate surface area is 109 Å². The Kier molecular flexibility index (Phi) is 4.17. The number of nitrogens with one attached hydrogen (secondary N) is 1. The maximum absolute atomic E-state index is 12.0. The molecule has 1 N–H and O–H groups in total. The second-order valence-corrected chi connectivity index (χ2v) is 4.86. The van der Waals surface area contributed by atoms with E-state index in [9.17, 15) is 4.79 Å². The zero-order valence-electron chi connectivity index (χ0n) is 9.78. The van der Waals surface area contributed by atoms with Gasteiger partial charge in [-0.3, -0.25) is 9.48 Å². The number of aryl methyl sites for hydroxylation is 1. The third-order valence-electron chi connectivity index (χ3n) is 2.82. The molecule has 5 nitrogen and oxygen atoms in total. The van der Waals surface area contributed by atoms with Crippen molar-refractivity contribution in [2.24, 2.45) is 0 Å². The van der Waals surface area contributed by atoms with E-state index in [1.165, 1.54) is 0 Å². The normalized spacial score (nSPS) is 19.5. The fourth-order valence-electron chi connectivity index (χ4n) is 1.92.